The van der Waals surface area contributed by atoms with E-state index in [1.165, 1.54) is 6.07 Å². The summed E-state index contributed by atoms with van der Waals surface area (Å²) in [6, 6.07) is 10.4. The Kier molecular flexibility index (Phi) is 5.14. The lowest BCUT2D eigenvalue weighted by atomic mass is 10.1. The summed E-state index contributed by atoms with van der Waals surface area (Å²) in [7, 11) is 0. The molecule has 0 bridgehead atoms. The Morgan fingerprint density at radius 2 is 2.08 bits per heavy atom. The van der Waals surface area contributed by atoms with Gasteiger partial charge < -0.3 is 14.5 Å². The number of nitrogens with one attached hydrogen (secondary N) is 1. The first kappa shape index (κ1) is 16.5. The van der Waals surface area contributed by atoms with Gasteiger partial charge in [0.15, 0.2) is 0 Å². The lowest BCUT2D eigenvalue weighted by Gasteiger charge is -2.33. The number of benzene rings is 1. The van der Waals surface area contributed by atoms with Gasteiger partial charge in [0.25, 0.3) is 0 Å². The summed E-state index contributed by atoms with van der Waals surface area (Å²) in [4.78, 5) is 2.28. The zero-order chi connectivity index (χ0) is 16.9. The van der Waals surface area contributed by atoms with Gasteiger partial charge in [-0.25, -0.2) is 4.39 Å². The Morgan fingerprint density at radius 1 is 1.29 bits per heavy atom. The smallest absolute Gasteiger partial charge is 0.143 e. The monoisotopic (exact) mass is 329 g/mol. The van der Waals surface area contributed by atoms with Gasteiger partial charge in [0.2, 0.25) is 0 Å². The molecule has 1 saturated heterocycles. The number of hydrogen-bond donors (Lipinski definition) is 1. The second-order valence-corrected chi connectivity index (χ2v) is 5.77. The van der Waals surface area contributed by atoms with Gasteiger partial charge in [0.1, 0.15) is 29.0 Å². The van der Waals surface area contributed by atoms with E-state index in [1.54, 1.807) is 12.1 Å². The van der Waals surface area contributed by atoms with E-state index in [0.29, 0.717) is 25.4 Å². The highest BCUT2D eigenvalue weighted by molar-refractivity contribution is 5.58. The summed E-state index contributed by atoms with van der Waals surface area (Å²) >= 11 is 0. The topological polar surface area (TPSA) is 61.4 Å². The van der Waals surface area contributed by atoms with Gasteiger partial charge in [-0.3, -0.25) is 4.90 Å². The van der Waals surface area contributed by atoms with Crippen LogP contribution in [0.15, 0.2) is 34.7 Å². The zero-order valence-corrected chi connectivity index (χ0v) is 13.6. The molecule has 1 atom stereocenters. The number of hydrogen-bond acceptors (Lipinski definition) is 5. The number of nitrogens with zero attached hydrogens (tertiary/aromatic N) is 2. The Bertz CT molecular complexity index is 732. The predicted octanol–water partition coefficient (Wildman–Crippen LogP) is 3.08. The number of anilines is 1. The summed E-state index contributed by atoms with van der Waals surface area (Å²) in [5.74, 6) is 1.20. The third-order valence-corrected chi connectivity index (χ3v) is 4.19. The zero-order valence-electron chi connectivity index (χ0n) is 13.6. The minimum atomic E-state index is -0.515. The molecule has 1 aliphatic rings. The first-order valence-corrected chi connectivity index (χ1v) is 7.99. The molecule has 24 heavy (non-hydrogen) atoms. The lowest BCUT2D eigenvalue weighted by molar-refractivity contribution is 0.0143. The molecule has 1 aliphatic heterocycles. The highest BCUT2D eigenvalue weighted by Gasteiger charge is 2.25. The minimum Gasteiger partial charge on any atom is -0.465 e. The molecule has 126 valence electrons. The molecule has 3 rings (SSSR count). The van der Waals surface area contributed by atoms with Crippen LogP contribution in [-0.4, -0.2) is 37.7 Å². The van der Waals surface area contributed by atoms with Crippen LogP contribution in [0.5, 0.6) is 0 Å². The molecular weight excluding hydrogens is 309 g/mol. The van der Waals surface area contributed by atoms with Gasteiger partial charge in [0.05, 0.1) is 24.9 Å². The van der Waals surface area contributed by atoms with Crippen molar-refractivity contribution in [3.05, 3.63) is 53.2 Å². The first-order chi connectivity index (χ1) is 11.7. The highest BCUT2D eigenvalue weighted by Crippen LogP contribution is 2.26. The number of rotatable bonds is 5. The second-order valence-electron chi connectivity index (χ2n) is 5.77. The summed E-state index contributed by atoms with van der Waals surface area (Å²) in [6.07, 6.45) is 0. The number of aryl methyl sites for hydroxylation is 1. The maximum absolute atomic E-state index is 13.7. The third kappa shape index (κ3) is 3.58. The SMILES string of the molecule is Cc1ccc(C(CNc2cccc(F)c2C#N)N2CCOCC2)o1. The Labute approximate surface area is 140 Å². The van der Waals surface area contributed by atoms with Crippen LogP contribution >= 0.6 is 0 Å². The number of morpholine rings is 1. The van der Waals surface area contributed by atoms with Crippen molar-refractivity contribution < 1.29 is 13.5 Å². The third-order valence-electron chi connectivity index (χ3n) is 4.19. The summed E-state index contributed by atoms with van der Waals surface area (Å²) in [5, 5.41) is 12.4. The Hall–Kier alpha value is -2.36. The van der Waals surface area contributed by atoms with Crippen molar-refractivity contribution in [2.45, 2.75) is 13.0 Å². The van der Waals surface area contributed by atoms with Crippen LogP contribution < -0.4 is 5.32 Å². The van der Waals surface area contributed by atoms with E-state index in [9.17, 15) is 4.39 Å². The first-order valence-electron chi connectivity index (χ1n) is 7.99. The van der Waals surface area contributed by atoms with Gasteiger partial charge in [-0.05, 0) is 31.2 Å². The number of nitriles is 1. The maximum atomic E-state index is 13.7. The molecule has 2 heterocycles. The van der Waals surface area contributed by atoms with Crippen molar-refractivity contribution in [1.82, 2.24) is 4.90 Å². The average molecular weight is 329 g/mol. The van der Waals surface area contributed by atoms with Crippen molar-refractivity contribution >= 4 is 5.69 Å². The molecular formula is C18H20FN3O2. The maximum Gasteiger partial charge on any atom is 0.143 e. The number of halogens is 1. The normalized spacial score (nSPS) is 16.5. The van der Waals surface area contributed by atoms with E-state index >= 15 is 0 Å². The second kappa shape index (κ2) is 7.47. The van der Waals surface area contributed by atoms with E-state index < -0.39 is 5.82 Å². The molecule has 0 radical (unpaired) electrons. The van der Waals surface area contributed by atoms with Crippen molar-refractivity contribution in [2.75, 3.05) is 38.2 Å². The molecule has 1 unspecified atom stereocenters. The van der Waals surface area contributed by atoms with Crippen LogP contribution in [0.1, 0.15) is 23.1 Å². The quantitative estimate of drug-likeness (QED) is 0.913. The van der Waals surface area contributed by atoms with E-state index in [1.807, 2.05) is 25.1 Å². The van der Waals surface area contributed by atoms with Gasteiger partial charge in [0, 0.05) is 19.6 Å². The molecule has 0 spiro atoms. The lowest BCUT2D eigenvalue weighted by Crippen LogP contribution is -2.41. The van der Waals surface area contributed by atoms with Gasteiger partial charge in [-0.15, -0.1) is 0 Å². The van der Waals surface area contributed by atoms with Crippen molar-refractivity contribution in [3.63, 3.8) is 0 Å². The predicted molar refractivity (Wildman–Crippen MR) is 88.2 cm³/mol. The van der Waals surface area contributed by atoms with Crippen LogP contribution in [0.4, 0.5) is 10.1 Å². The number of ether oxygens (including phenoxy) is 1. The number of furan rings is 1. The van der Waals surface area contributed by atoms with E-state index in [2.05, 4.69) is 10.2 Å². The van der Waals surface area contributed by atoms with Gasteiger partial charge in [-0.2, -0.15) is 5.26 Å². The molecule has 1 N–H and O–H groups in total. The molecule has 2 aromatic rings. The molecule has 1 fully saturated rings. The molecule has 6 heteroatoms. The Balaban J connectivity index is 1.80. The molecule has 0 saturated carbocycles. The average Bonchev–Trinajstić information content (AvgIpc) is 3.02. The fraction of sp³-hybridized carbons (Fsp3) is 0.389. The van der Waals surface area contributed by atoms with Gasteiger partial charge >= 0.3 is 0 Å². The van der Waals surface area contributed by atoms with Crippen LogP contribution in [0.25, 0.3) is 0 Å². The van der Waals surface area contributed by atoms with E-state index in [0.717, 1.165) is 24.6 Å². The fourth-order valence-electron chi connectivity index (χ4n) is 2.92. The van der Waals surface area contributed by atoms with Crippen LogP contribution in [0.3, 0.4) is 0 Å². The molecule has 1 aromatic carbocycles. The van der Waals surface area contributed by atoms with Crippen LogP contribution in [0.2, 0.25) is 0 Å². The standard InChI is InChI=1S/C18H20FN3O2/c1-13-5-6-18(24-13)17(22-7-9-23-10-8-22)12-21-16-4-2-3-15(19)14(16)11-20/h2-6,17,21H,7-10,12H2,1H3. The molecule has 0 aliphatic carbocycles. The largest absolute Gasteiger partial charge is 0.465 e. The summed E-state index contributed by atoms with van der Waals surface area (Å²) in [5.41, 5.74) is 0.535. The molecule has 0 amide bonds. The van der Waals surface area contributed by atoms with E-state index in [4.69, 9.17) is 14.4 Å². The van der Waals surface area contributed by atoms with E-state index in [-0.39, 0.29) is 11.6 Å². The summed E-state index contributed by atoms with van der Waals surface area (Å²) in [6.45, 7) is 5.40. The summed E-state index contributed by atoms with van der Waals surface area (Å²) < 4.78 is 25.0. The fourth-order valence-corrected chi connectivity index (χ4v) is 2.92. The van der Waals surface area contributed by atoms with Crippen LogP contribution in [-0.2, 0) is 4.74 Å². The Morgan fingerprint density at radius 3 is 2.75 bits per heavy atom. The van der Waals surface area contributed by atoms with Crippen LogP contribution in [0, 0.1) is 24.1 Å². The van der Waals surface area contributed by atoms with Crippen molar-refractivity contribution in [2.24, 2.45) is 0 Å². The molecule has 5 nitrogen and oxygen atoms in total. The molecule has 1 aromatic heterocycles. The van der Waals surface area contributed by atoms with Crippen molar-refractivity contribution in [3.8, 4) is 6.07 Å². The highest BCUT2D eigenvalue weighted by atomic mass is 19.1. The minimum absolute atomic E-state index is 0.00240. The van der Waals surface area contributed by atoms with Gasteiger partial charge in [-0.1, -0.05) is 6.07 Å². The van der Waals surface area contributed by atoms with Crippen molar-refractivity contribution in [1.29, 1.82) is 5.26 Å².